The molecule has 3 rings (SSSR count). The van der Waals surface area contributed by atoms with E-state index in [0.29, 0.717) is 17.2 Å². The molecule has 1 heterocycles. The summed E-state index contributed by atoms with van der Waals surface area (Å²) < 4.78 is 50.4. The standard InChI is InChI=1S/C17H15F3N2O4/c18-17(19,20)16(24,11-4-2-1-3-5-11)9-21-15(23)22-12-6-7-13-14(8-12)26-10-25-13/h1-8,24H,9-10H2,(H2,21,22,23)/t16-/m1/s1. The Morgan fingerprint density at radius 3 is 2.46 bits per heavy atom. The minimum Gasteiger partial charge on any atom is -0.454 e. The molecule has 3 N–H and O–H groups in total. The lowest BCUT2D eigenvalue weighted by molar-refractivity contribution is -0.263. The molecule has 0 aromatic heterocycles. The predicted molar refractivity (Wildman–Crippen MR) is 86.0 cm³/mol. The van der Waals surface area contributed by atoms with Crippen molar-refractivity contribution in [3.63, 3.8) is 0 Å². The van der Waals surface area contributed by atoms with E-state index in [4.69, 9.17) is 9.47 Å². The van der Waals surface area contributed by atoms with Gasteiger partial charge in [-0.2, -0.15) is 13.2 Å². The summed E-state index contributed by atoms with van der Waals surface area (Å²) in [7, 11) is 0. The third kappa shape index (κ3) is 3.52. The van der Waals surface area contributed by atoms with Crippen LogP contribution in [-0.4, -0.2) is 30.7 Å². The maximum absolute atomic E-state index is 13.4. The maximum atomic E-state index is 13.4. The molecule has 1 aliphatic rings. The lowest BCUT2D eigenvalue weighted by Gasteiger charge is -2.31. The number of aliphatic hydroxyl groups is 1. The van der Waals surface area contributed by atoms with E-state index >= 15 is 0 Å². The van der Waals surface area contributed by atoms with Crippen molar-refractivity contribution in [2.24, 2.45) is 0 Å². The molecule has 0 radical (unpaired) electrons. The van der Waals surface area contributed by atoms with Crippen LogP contribution in [0, 0.1) is 0 Å². The molecule has 9 heteroatoms. The maximum Gasteiger partial charge on any atom is 0.423 e. The van der Waals surface area contributed by atoms with Crippen LogP contribution in [0.15, 0.2) is 48.5 Å². The molecule has 2 aromatic rings. The number of halogens is 3. The minimum atomic E-state index is -4.97. The Morgan fingerprint density at radius 2 is 1.77 bits per heavy atom. The average Bonchev–Trinajstić information content (AvgIpc) is 3.07. The highest BCUT2D eigenvalue weighted by Crippen LogP contribution is 2.38. The van der Waals surface area contributed by atoms with Crippen LogP contribution in [-0.2, 0) is 5.60 Å². The molecule has 0 bridgehead atoms. The lowest BCUT2D eigenvalue weighted by atomic mass is 9.93. The Bertz CT molecular complexity index is 798. The molecule has 138 valence electrons. The van der Waals surface area contributed by atoms with E-state index in [0.717, 1.165) is 12.1 Å². The Morgan fingerprint density at radius 1 is 1.08 bits per heavy atom. The van der Waals surface area contributed by atoms with E-state index in [1.165, 1.54) is 30.3 Å². The van der Waals surface area contributed by atoms with Gasteiger partial charge in [-0.25, -0.2) is 4.79 Å². The quantitative estimate of drug-likeness (QED) is 0.775. The first-order chi connectivity index (χ1) is 12.3. The number of benzene rings is 2. The molecule has 2 amide bonds. The highest BCUT2D eigenvalue weighted by atomic mass is 19.4. The Hall–Kier alpha value is -2.94. The fraction of sp³-hybridized carbons (Fsp3) is 0.235. The van der Waals surface area contributed by atoms with Gasteiger partial charge in [-0.1, -0.05) is 30.3 Å². The number of hydrogen-bond acceptors (Lipinski definition) is 4. The number of carbonyl (C=O) groups is 1. The topological polar surface area (TPSA) is 79.8 Å². The Balaban J connectivity index is 1.68. The molecule has 6 nitrogen and oxygen atoms in total. The van der Waals surface area contributed by atoms with E-state index in [1.807, 2.05) is 0 Å². The van der Waals surface area contributed by atoms with Crippen molar-refractivity contribution in [1.29, 1.82) is 0 Å². The highest BCUT2D eigenvalue weighted by molar-refractivity contribution is 5.89. The first-order valence-corrected chi connectivity index (χ1v) is 7.59. The van der Waals surface area contributed by atoms with E-state index in [2.05, 4.69) is 10.6 Å². The van der Waals surface area contributed by atoms with Crippen LogP contribution in [0.4, 0.5) is 23.7 Å². The molecule has 0 saturated carbocycles. The zero-order valence-corrected chi connectivity index (χ0v) is 13.3. The van der Waals surface area contributed by atoms with Gasteiger partial charge in [-0.05, 0) is 17.7 Å². The molecular weight excluding hydrogens is 353 g/mol. The molecule has 0 unspecified atom stereocenters. The average molecular weight is 368 g/mol. The van der Waals surface area contributed by atoms with E-state index in [1.54, 1.807) is 6.07 Å². The van der Waals surface area contributed by atoms with Gasteiger partial charge in [0.15, 0.2) is 11.5 Å². The summed E-state index contributed by atoms with van der Waals surface area (Å²) in [6.45, 7) is -0.989. The Kier molecular flexibility index (Phi) is 4.64. The van der Waals surface area contributed by atoms with Gasteiger partial charge >= 0.3 is 12.2 Å². The SMILES string of the molecule is O=C(NC[C@@](O)(c1ccccc1)C(F)(F)F)Nc1ccc2c(c1)OCO2. The number of hydrogen-bond donors (Lipinski definition) is 3. The summed E-state index contributed by atoms with van der Waals surface area (Å²) in [6, 6.07) is 10.2. The van der Waals surface area contributed by atoms with E-state index in [-0.39, 0.29) is 12.4 Å². The van der Waals surface area contributed by atoms with Crippen molar-refractivity contribution in [3.8, 4) is 11.5 Å². The van der Waals surface area contributed by atoms with Crippen molar-refractivity contribution in [2.75, 3.05) is 18.7 Å². The van der Waals surface area contributed by atoms with Crippen molar-refractivity contribution >= 4 is 11.7 Å². The number of anilines is 1. The van der Waals surface area contributed by atoms with Crippen LogP contribution >= 0.6 is 0 Å². The summed E-state index contributed by atoms with van der Waals surface area (Å²) in [5, 5.41) is 14.6. The second kappa shape index (κ2) is 6.75. The van der Waals surface area contributed by atoms with Crippen molar-refractivity contribution in [1.82, 2.24) is 5.32 Å². The predicted octanol–water partition coefficient (Wildman–Crippen LogP) is 2.99. The number of carbonyl (C=O) groups excluding carboxylic acids is 1. The number of alkyl halides is 3. The minimum absolute atomic E-state index is 0.0562. The molecule has 2 aromatic carbocycles. The van der Waals surface area contributed by atoms with Crippen LogP contribution in [0.25, 0.3) is 0 Å². The largest absolute Gasteiger partial charge is 0.454 e. The molecule has 26 heavy (non-hydrogen) atoms. The van der Waals surface area contributed by atoms with E-state index < -0.39 is 24.4 Å². The van der Waals surface area contributed by atoms with Crippen LogP contribution < -0.4 is 20.1 Å². The second-order valence-corrected chi connectivity index (χ2v) is 5.60. The second-order valence-electron chi connectivity index (χ2n) is 5.60. The third-order valence-corrected chi connectivity index (χ3v) is 3.86. The summed E-state index contributed by atoms with van der Waals surface area (Å²) in [4.78, 5) is 11.9. The molecule has 1 aliphatic heterocycles. The number of ether oxygens (including phenoxy) is 2. The van der Waals surface area contributed by atoms with Gasteiger partial charge in [0.2, 0.25) is 12.4 Å². The smallest absolute Gasteiger partial charge is 0.423 e. The molecule has 0 aliphatic carbocycles. The summed E-state index contributed by atoms with van der Waals surface area (Å²) >= 11 is 0. The molecule has 1 atom stereocenters. The zero-order valence-electron chi connectivity index (χ0n) is 13.3. The van der Waals surface area contributed by atoms with Gasteiger partial charge in [-0.15, -0.1) is 0 Å². The Labute approximate surface area is 146 Å². The normalized spacial score (nSPS) is 15.2. The lowest BCUT2D eigenvalue weighted by Crippen LogP contribution is -2.51. The zero-order chi connectivity index (χ0) is 18.8. The fourth-order valence-electron chi connectivity index (χ4n) is 2.44. The van der Waals surface area contributed by atoms with Crippen molar-refractivity contribution in [3.05, 3.63) is 54.1 Å². The van der Waals surface area contributed by atoms with Crippen molar-refractivity contribution in [2.45, 2.75) is 11.8 Å². The number of urea groups is 1. The molecule has 0 spiro atoms. The first-order valence-electron chi connectivity index (χ1n) is 7.59. The van der Waals surface area contributed by atoms with Crippen molar-refractivity contribution < 1.29 is 32.5 Å². The van der Waals surface area contributed by atoms with Crippen LogP contribution in [0.3, 0.4) is 0 Å². The van der Waals surface area contributed by atoms with Gasteiger partial charge in [0, 0.05) is 11.8 Å². The number of rotatable bonds is 4. The summed E-state index contributed by atoms with van der Waals surface area (Å²) in [6.07, 6.45) is -4.97. The molecule has 0 saturated heterocycles. The van der Waals surface area contributed by atoms with Gasteiger partial charge in [0.25, 0.3) is 0 Å². The summed E-state index contributed by atoms with van der Waals surface area (Å²) in [5.74, 6) is 0.922. The first kappa shape index (κ1) is 17.9. The summed E-state index contributed by atoms with van der Waals surface area (Å²) in [5.41, 5.74) is -3.27. The van der Waals surface area contributed by atoms with Gasteiger partial charge in [0.1, 0.15) is 0 Å². The number of amides is 2. The monoisotopic (exact) mass is 368 g/mol. The van der Waals surface area contributed by atoms with Crippen LogP contribution in [0.5, 0.6) is 11.5 Å². The van der Waals surface area contributed by atoms with E-state index in [9.17, 15) is 23.1 Å². The number of fused-ring (bicyclic) bond motifs is 1. The molecular formula is C17H15F3N2O4. The van der Waals surface area contributed by atoms with Crippen LogP contribution in [0.1, 0.15) is 5.56 Å². The highest BCUT2D eigenvalue weighted by Gasteiger charge is 2.55. The van der Waals surface area contributed by atoms with Gasteiger partial charge in [0.05, 0.1) is 6.54 Å². The van der Waals surface area contributed by atoms with Crippen LogP contribution in [0.2, 0.25) is 0 Å². The third-order valence-electron chi connectivity index (χ3n) is 3.86. The number of nitrogens with one attached hydrogen (secondary N) is 2. The fourth-order valence-corrected chi connectivity index (χ4v) is 2.44. The van der Waals surface area contributed by atoms with Gasteiger partial charge in [-0.3, -0.25) is 0 Å². The van der Waals surface area contributed by atoms with Gasteiger partial charge < -0.3 is 25.2 Å². The molecule has 0 fully saturated rings.